The molecule has 0 spiro atoms. The van der Waals surface area contributed by atoms with Crippen LogP contribution in [-0.4, -0.2) is 103 Å². The summed E-state index contributed by atoms with van der Waals surface area (Å²) in [7, 11) is 3.98. The molecule has 2 amide bonds. The fraction of sp³-hybridized carbons (Fsp3) is 0.605. The Labute approximate surface area is 287 Å². The van der Waals surface area contributed by atoms with Gasteiger partial charge in [-0.3, -0.25) is 14.5 Å². The molecule has 2 heterocycles. The highest BCUT2D eigenvalue weighted by molar-refractivity contribution is 5.97. The van der Waals surface area contributed by atoms with E-state index >= 15 is 0 Å². The number of rotatable bonds is 8. The number of amides is 2. The van der Waals surface area contributed by atoms with Gasteiger partial charge in [-0.05, 0) is 111 Å². The highest BCUT2D eigenvalue weighted by Gasteiger charge is 2.32. The van der Waals surface area contributed by atoms with Gasteiger partial charge in [-0.1, -0.05) is 11.8 Å². The van der Waals surface area contributed by atoms with E-state index in [0.29, 0.717) is 17.7 Å². The van der Waals surface area contributed by atoms with E-state index in [4.69, 9.17) is 4.74 Å². The average molecular weight is 661 g/mol. The Morgan fingerprint density at radius 3 is 2.27 bits per heavy atom. The van der Waals surface area contributed by atoms with Crippen molar-refractivity contribution in [2.75, 3.05) is 58.3 Å². The van der Waals surface area contributed by atoms with Crippen LogP contribution in [0, 0.1) is 32.6 Å². The number of piperazine rings is 1. The number of hydrogen-bond donors (Lipinski definition) is 2. The number of H-pyrrole nitrogens is 1. The standard InChI is InChI=1S/C38H56N6O4/c1-10-44(31-15-13-30(14-16-31)42(9)37(47)48-38(5,6)7)34-24-29(12-11-17-43-20-18-41(8)19-21-43)23-32(28(34)4)35(45)39-25-33-26(2)22-27(3)40-36(33)46/h22-24,30-31H,10,13-21,25H2,1-9H3,(H,39,45)(H,40,46). The summed E-state index contributed by atoms with van der Waals surface area (Å²) in [6.07, 6.45) is 3.30. The Kier molecular flexibility index (Phi) is 12.4. The van der Waals surface area contributed by atoms with Crippen LogP contribution in [-0.2, 0) is 11.3 Å². The van der Waals surface area contributed by atoms with E-state index in [1.165, 1.54) is 0 Å². The zero-order valence-corrected chi connectivity index (χ0v) is 30.6. The summed E-state index contributed by atoms with van der Waals surface area (Å²) in [4.78, 5) is 50.9. The fourth-order valence-electron chi connectivity index (χ4n) is 6.80. The lowest BCUT2D eigenvalue weighted by atomic mass is 9.88. The monoisotopic (exact) mass is 660 g/mol. The average Bonchev–Trinajstić information content (AvgIpc) is 3.02. The van der Waals surface area contributed by atoms with E-state index in [1.807, 2.05) is 60.7 Å². The van der Waals surface area contributed by atoms with Gasteiger partial charge in [0.15, 0.2) is 0 Å². The predicted molar refractivity (Wildman–Crippen MR) is 193 cm³/mol. The van der Waals surface area contributed by atoms with Crippen molar-refractivity contribution in [3.8, 4) is 11.8 Å². The summed E-state index contributed by atoms with van der Waals surface area (Å²) in [6, 6.07) is 6.31. The first-order chi connectivity index (χ1) is 22.7. The minimum absolute atomic E-state index is 0.123. The second-order valence-corrected chi connectivity index (χ2v) is 14.5. The van der Waals surface area contributed by atoms with Crippen molar-refractivity contribution >= 4 is 17.7 Å². The third-order valence-corrected chi connectivity index (χ3v) is 9.66. The molecular weight excluding hydrogens is 604 g/mol. The van der Waals surface area contributed by atoms with E-state index in [9.17, 15) is 14.4 Å². The largest absolute Gasteiger partial charge is 0.444 e. The molecule has 0 bridgehead atoms. The highest BCUT2D eigenvalue weighted by Crippen LogP contribution is 2.33. The van der Waals surface area contributed by atoms with Gasteiger partial charge in [-0.15, -0.1) is 0 Å². The van der Waals surface area contributed by atoms with Crippen LogP contribution in [0.5, 0.6) is 0 Å². The number of pyridine rings is 1. The van der Waals surface area contributed by atoms with Gasteiger partial charge in [0.05, 0.1) is 6.54 Å². The molecule has 1 saturated heterocycles. The van der Waals surface area contributed by atoms with Crippen molar-refractivity contribution < 1.29 is 14.3 Å². The number of aromatic amines is 1. The van der Waals surface area contributed by atoms with Crippen molar-refractivity contribution in [3.63, 3.8) is 0 Å². The molecule has 2 aliphatic rings. The van der Waals surface area contributed by atoms with Gasteiger partial charge >= 0.3 is 6.09 Å². The second-order valence-electron chi connectivity index (χ2n) is 14.5. The minimum Gasteiger partial charge on any atom is -0.444 e. The van der Waals surface area contributed by atoms with Gasteiger partial charge < -0.3 is 29.7 Å². The zero-order valence-electron chi connectivity index (χ0n) is 30.6. The van der Waals surface area contributed by atoms with Crippen LogP contribution in [0.3, 0.4) is 0 Å². The smallest absolute Gasteiger partial charge is 0.410 e. The van der Waals surface area contributed by atoms with Crippen LogP contribution >= 0.6 is 0 Å². The van der Waals surface area contributed by atoms with E-state index < -0.39 is 5.60 Å². The number of likely N-dealkylation sites (N-methyl/N-ethyl adjacent to an activating group) is 1. The van der Waals surface area contributed by atoms with Gasteiger partial charge in [-0.2, -0.15) is 0 Å². The molecule has 262 valence electrons. The van der Waals surface area contributed by atoms with Crippen LogP contribution in [0.1, 0.15) is 91.7 Å². The first-order valence-corrected chi connectivity index (χ1v) is 17.4. The SMILES string of the molecule is CCN(c1cc(C#CCN2CCN(C)CC2)cc(C(=O)NCc2c(C)cc(C)[nH]c2=O)c1C)C1CCC(N(C)C(=O)OC(C)(C)C)CC1. The molecule has 48 heavy (non-hydrogen) atoms. The summed E-state index contributed by atoms with van der Waals surface area (Å²) >= 11 is 0. The number of carbonyl (C=O) groups is 2. The van der Waals surface area contributed by atoms with Gasteiger partial charge in [-0.25, -0.2) is 4.79 Å². The Hall–Kier alpha value is -3.81. The number of hydrogen-bond acceptors (Lipinski definition) is 7. The molecule has 0 radical (unpaired) electrons. The molecule has 4 rings (SSSR count). The van der Waals surface area contributed by atoms with E-state index in [-0.39, 0.29) is 36.2 Å². The number of benzene rings is 1. The number of carbonyl (C=O) groups excluding carboxylic acids is 2. The molecule has 1 aliphatic heterocycles. The van der Waals surface area contributed by atoms with Crippen LogP contribution in [0.4, 0.5) is 10.5 Å². The molecule has 0 unspecified atom stereocenters. The lowest BCUT2D eigenvalue weighted by Crippen LogP contribution is -2.46. The maximum absolute atomic E-state index is 13.8. The lowest BCUT2D eigenvalue weighted by Gasteiger charge is -2.41. The van der Waals surface area contributed by atoms with Gasteiger partial charge in [0.2, 0.25) is 0 Å². The Bertz CT molecular complexity index is 1570. The quantitative estimate of drug-likeness (QED) is 0.391. The van der Waals surface area contributed by atoms with Crippen LogP contribution in [0.25, 0.3) is 0 Å². The Morgan fingerprint density at radius 2 is 1.67 bits per heavy atom. The maximum atomic E-state index is 13.8. The number of nitrogens with one attached hydrogen (secondary N) is 2. The number of aromatic nitrogens is 1. The molecule has 1 aliphatic carbocycles. The predicted octanol–water partition coefficient (Wildman–Crippen LogP) is 4.83. The molecule has 1 saturated carbocycles. The van der Waals surface area contributed by atoms with E-state index in [0.717, 1.165) is 86.5 Å². The lowest BCUT2D eigenvalue weighted by molar-refractivity contribution is 0.0183. The Morgan fingerprint density at radius 1 is 1.02 bits per heavy atom. The van der Waals surface area contributed by atoms with Crippen LogP contribution in [0.2, 0.25) is 0 Å². The van der Waals surface area contributed by atoms with Gasteiger partial charge in [0.1, 0.15) is 5.60 Å². The summed E-state index contributed by atoms with van der Waals surface area (Å²) in [6.45, 7) is 19.2. The van der Waals surface area contributed by atoms with Crippen molar-refractivity contribution in [3.05, 3.63) is 62.1 Å². The number of anilines is 1. The second kappa shape index (κ2) is 16.1. The summed E-state index contributed by atoms with van der Waals surface area (Å²) in [5.41, 5.74) is 4.74. The summed E-state index contributed by atoms with van der Waals surface area (Å²) in [5.74, 6) is 6.52. The molecule has 0 atom stereocenters. The zero-order chi connectivity index (χ0) is 35.2. The van der Waals surface area contributed by atoms with Gasteiger partial charge in [0.25, 0.3) is 11.5 Å². The molecule has 10 nitrogen and oxygen atoms in total. The molecule has 1 aromatic heterocycles. The van der Waals surface area contributed by atoms with Crippen LogP contribution < -0.4 is 15.8 Å². The van der Waals surface area contributed by atoms with Crippen LogP contribution in [0.15, 0.2) is 23.0 Å². The van der Waals surface area contributed by atoms with E-state index in [1.54, 1.807) is 4.90 Å². The maximum Gasteiger partial charge on any atom is 0.410 e. The Balaban J connectivity index is 1.58. The van der Waals surface area contributed by atoms with Crippen molar-refractivity contribution in [2.45, 2.75) is 98.4 Å². The first kappa shape index (κ1) is 37.0. The molecular formula is C38H56N6O4. The normalized spacial score (nSPS) is 18.9. The number of ether oxygens (including phenoxy) is 1. The molecule has 1 aromatic carbocycles. The third kappa shape index (κ3) is 9.64. The number of nitrogens with zero attached hydrogens (tertiary/aromatic N) is 4. The molecule has 10 heteroatoms. The molecule has 2 N–H and O–H groups in total. The molecule has 2 aromatic rings. The highest BCUT2D eigenvalue weighted by atomic mass is 16.6. The van der Waals surface area contributed by atoms with Crippen molar-refractivity contribution in [1.29, 1.82) is 0 Å². The fourth-order valence-corrected chi connectivity index (χ4v) is 6.80. The number of aryl methyl sites for hydroxylation is 2. The molecule has 2 fully saturated rings. The van der Waals surface area contributed by atoms with Crippen molar-refractivity contribution in [2.24, 2.45) is 0 Å². The van der Waals surface area contributed by atoms with Gasteiger partial charge in [0, 0.05) is 86.5 Å². The summed E-state index contributed by atoms with van der Waals surface area (Å²) < 4.78 is 5.63. The summed E-state index contributed by atoms with van der Waals surface area (Å²) in [5, 5.41) is 3.02. The third-order valence-electron chi connectivity index (χ3n) is 9.66. The first-order valence-electron chi connectivity index (χ1n) is 17.4. The topological polar surface area (TPSA) is 101 Å². The van der Waals surface area contributed by atoms with E-state index in [2.05, 4.69) is 56.9 Å². The van der Waals surface area contributed by atoms with Crippen molar-refractivity contribution in [1.82, 2.24) is 25.0 Å². The minimum atomic E-state index is -0.532.